The Morgan fingerprint density at radius 1 is 0.318 bits per heavy atom. The zero-order valence-corrected chi connectivity index (χ0v) is 24.7. The number of aliphatic hydroxyl groups excluding tert-OH is 4. The lowest BCUT2D eigenvalue weighted by Crippen LogP contribution is -2.05. The van der Waals surface area contributed by atoms with Crippen molar-refractivity contribution in [2.24, 2.45) is 0 Å². The number of phenols is 4. The third-order valence-corrected chi connectivity index (χ3v) is 8.44. The molecule has 232 valence electrons. The minimum atomic E-state index is -0.0913. The molecule has 0 saturated carbocycles. The molecule has 8 N–H and O–H groups in total. The van der Waals surface area contributed by atoms with Crippen LogP contribution in [0.1, 0.15) is 66.8 Å². The molecule has 0 saturated heterocycles. The first-order chi connectivity index (χ1) is 21.2. The van der Waals surface area contributed by atoms with E-state index in [2.05, 4.69) is 0 Å². The molecule has 4 aromatic rings. The van der Waals surface area contributed by atoms with Crippen molar-refractivity contribution in [3.63, 3.8) is 0 Å². The van der Waals surface area contributed by atoms with Crippen molar-refractivity contribution in [2.45, 2.75) is 51.4 Å². The molecule has 0 unspecified atom stereocenters. The highest BCUT2D eigenvalue weighted by molar-refractivity contribution is 5.57. The SMILES string of the molecule is OCCc1cc2c(O)c(c1)Cc1cc(CCO)cc(c1O)Cc1cc(CCO)cc(c1O)Cc1cc(CCO)cc(c1O)C2. The predicted octanol–water partition coefficient (Wildman–Crippen LogP) is 3.32. The van der Waals surface area contributed by atoms with E-state index in [-0.39, 0.29) is 75.1 Å². The second kappa shape index (κ2) is 13.7. The maximum Gasteiger partial charge on any atom is 0.122 e. The lowest BCUT2D eigenvalue weighted by molar-refractivity contribution is 0.299. The number of rotatable bonds is 8. The molecule has 0 amide bonds. The van der Waals surface area contributed by atoms with Crippen LogP contribution in [0.5, 0.6) is 23.0 Å². The van der Waals surface area contributed by atoms with Crippen molar-refractivity contribution in [1.29, 1.82) is 0 Å². The highest BCUT2D eigenvalue weighted by Gasteiger charge is 2.21. The van der Waals surface area contributed by atoms with Gasteiger partial charge in [-0.3, -0.25) is 0 Å². The first-order valence-electron chi connectivity index (χ1n) is 15.0. The fourth-order valence-corrected chi connectivity index (χ4v) is 6.32. The largest absolute Gasteiger partial charge is 0.507 e. The quantitative estimate of drug-likeness (QED) is 0.135. The van der Waals surface area contributed by atoms with Gasteiger partial charge in [0.25, 0.3) is 0 Å². The Morgan fingerprint density at radius 2 is 0.477 bits per heavy atom. The van der Waals surface area contributed by atoms with Crippen LogP contribution in [-0.4, -0.2) is 67.3 Å². The summed E-state index contributed by atoms with van der Waals surface area (Å²) in [4.78, 5) is 0. The minimum absolute atomic E-state index is 0.0253. The smallest absolute Gasteiger partial charge is 0.122 e. The average Bonchev–Trinajstić information content (AvgIpc) is 2.98. The first kappa shape index (κ1) is 31.3. The van der Waals surface area contributed by atoms with Crippen LogP contribution in [-0.2, 0) is 51.4 Å². The topological polar surface area (TPSA) is 162 Å². The molecule has 0 spiro atoms. The lowest BCUT2D eigenvalue weighted by atomic mass is 9.87. The molecule has 0 atom stereocenters. The molecule has 8 heteroatoms. The van der Waals surface area contributed by atoms with E-state index in [0.717, 1.165) is 22.3 Å². The summed E-state index contributed by atoms with van der Waals surface area (Å²) in [5.41, 5.74) is 7.53. The van der Waals surface area contributed by atoms with Gasteiger partial charge in [-0.15, -0.1) is 0 Å². The Kier molecular flexibility index (Phi) is 9.76. The highest BCUT2D eigenvalue weighted by Crippen LogP contribution is 2.39. The number of aromatic hydroxyl groups is 4. The second-order valence-electron chi connectivity index (χ2n) is 11.7. The Labute approximate surface area is 256 Å². The number of hydrogen-bond acceptors (Lipinski definition) is 8. The number of phenolic OH excluding ortho intramolecular Hbond substituents is 4. The molecule has 44 heavy (non-hydrogen) atoms. The summed E-state index contributed by atoms with van der Waals surface area (Å²) in [5, 5.41) is 84.9. The first-order valence-corrected chi connectivity index (χ1v) is 15.0. The van der Waals surface area contributed by atoms with Crippen LogP contribution in [0.3, 0.4) is 0 Å². The zero-order valence-electron chi connectivity index (χ0n) is 24.7. The van der Waals surface area contributed by atoms with Crippen molar-refractivity contribution in [2.75, 3.05) is 26.4 Å². The van der Waals surface area contributed by atoms with E-state index >= 15 is 0 Å². The molecule has 1 aliphatic carbocycles. The van der Waals surface area contributed by atoms with Crippen molar-refractivity contribution < 1.29 is 40.9 Å². The van der Waals surface area contributed by atoms with E-state index < -0.39 is 0 Å². The second-order valence-corrected chi connectivity index (χ2v) is 11.7. The van der Waals surface area contributed by atoms with Crippen LogP contribution in [0, 0.1) is 0 Å². The summed E-state index contributed by atoms with van der Waals surface area (Å²) in [5.74, 6) is 0.101. The third kappa shape index (κ3) is 6.69. The van der Waals surface area contributed by atoms with E-state index in [1.807, 2.05) is 0 Å². The molecule has 0 radical (unpaired) electrons. The lowest BCUT2D eigenvalue weighted by Gasteiger charge is -2.20. The molecule has 0 heterocycles. The van der Waals surface area contributed by atoms with Gasteiger partial charge in [-0.05, 0) is 92.4 Å². The van der Waals surface area contributed by atoms with Gasteiger partial charge in [0.1, 0.15) is 23.0 Å². The molecule has 0 aromatic heterocycles. The number of benzene rings is 4. The fraction of sp³-hybridized carbons (Fsp3) is 0.333. The molecular formula is C36H40O8. The standard InChI is InChI=1S/C36H40O8/c37-5-1-21-9-25-17-27-11-22(2-6-38)13-29(34(27)42)19-31-15-24(4-8-40)16-32(36(31)44)20-30-14-23(3-7-39)12-28(35(30)43)18-26(10-21)33(25)41/h9-16,37-44H,1-8,17-20H2. The summed E-state index contributed by atoms with van der Waals surface area (Å²) in [6, 6.07) is 14.4. The summed E-state index contributed by atoms with van der Waals surface area (Å²) < 4.78 is 0. The molecule has 0 aliphatic heterocycles. The van der Waals surface area contributed by atoms with E-state index in [0.29, 0.717) is 70.2 Å². The molecule has 4 aromatic carbocycles. The predicted molar refractivity (Wildman–Crippen MR) is 167 cm³/mol. The van der Waals surface area contributed by atoms with Crippen LogP contribution in [0.4, 0.5) is 0 Å². The van der Waals surface area contributed by atoms with Gasteiger partial charge in [0, 0.05) is 52.1 Å². The maximum atomic E-state index is 11.5. The minimum Gasteiger partial charge on any atom is -0.507 e. The highest BCUT2D eigenvalue weighted by atomic mass is 16.3. The van der Waals surface area contributed by atoms with Gasteiger partial charge in [-0.25, -0.2) is 0 Å². The van der Waals surface area contributed by atoms with Gasteiger partial charge in [-0.2, -0.15) is 0 Å². The van der Waals surface area contributed by atoms with Gasteiger partial charge >= 0.3 is 0 Å². The van der Waals surface area contributed by atoms with E-state index in [1.165, 1.54) is 0 Å². The summed E-state index contributed by atoms with van der Waals surface area (Å²) in [6.07, 6.45) is 2.09. The summed E-state index contributed by atoms with van der Waals surface area (Å²) in [6.45, 7) is -0.365. The molecule has 5 rings (SSSR count). The molecule has 8 nitrogen and oxygen atoms in total. The Hall–Kier alpha value is -4.08. The van der Waals surface area contributed by atoms with E-state index in [9.17, 15) is 40.9 Å². The van der Waals surface area contributed by atoms with Crippen LogP contribution < -0.4 is 0 Å². The van der Waals surface area contributed by atoms with Crippen molar-refractivity contribution in [1.82, 2.24) is 0 Å². The van der Waals surface area contributed by atoms with Gasteiger partial charge in [0.05, 0.1) is 0 Å². The molecular weight excluding hydrogens is 560 g/mol. The summed E-state index contributed by atoms with van der Waals surface area (Å²) >= 11 is 0. The van der Waals surface area contributed by atoms with Crippen LogP contribution in [0.2, 0.25) is 0 Å². The average molecular weight is 601 g/mol. The molecule has 8 bridgehead atoms. The van der Waals surface area contributed by atoms with Crippen LogP contribution in [0.15, 0.2) is 48.5 Å². The monoisotopic (exact) mass is 600 g/mol. The summed E-state index contributed by atoms with van der Waals surface area (Å²) in [7, 11) is 0. The van der Waals surface area contributed by atoms with Gasteiger partial charge < -0.3 is 40.9 Å². The number of fused-ring (bicyclic) bond motifs is 8. The van der Waals surface area contributed by atoms with Crippen molar-refractivity contribution in [3.05, 3.63) is 115 Å². The number of aliphatic hydroxyl groups is 4. The maximum absolute atomic E-state index is 11.5. The van der Waals surface area contributed by atoms with E-state index in [1.54, 1.807) is 48.5 Å². The van der Waals surface area contributed by atoms with Crippen molar-refractivity contribution >= 4 is 0 Å². The third-order valence-electron chi connectivity index (χ3n) is 8.44. The molecule has 0 fully saturated rings. The van der Waals surface area contributed by atoms with E-state index in [4.69, 9.17) is 0 Å². The van der Waals surface area contributed by atoms with Crippen LogP contribution >= 0.6 is 0 Å². The normalized spacial score (nSPS) is 12.8. The molecule has 1 aliphatic rings. The fourth-order valence-electron chi connectivity index (χ4n) is 6.32. The Balaban J connectivity index is 1.79. The van der Waals surface area contributed by atoms with Crippen LogP contribution in [0.25, 0.3) is 0 Å². The van der Waals surface area contributed by atoms with Gasteiger partial charge in [0.15, 0.2) is 0 Å². The Morgan fingerprint density at radius 3 is 0.614 bits per heavy atom. The van der Waals surface area contributed by atoms with Crippen molar-refractivity contribution in [3.8, 4) is 23.0 Å². The van der Waals surface area contributed by atoms with Gasteiger partial charge in [-0.1, -0.05) is 48.5 Å². The number of hydrogen-bond donors (Lipinski definition) is 8. The Bertz CT molecular complexity index is 1320. The zero-order chi connectivity index (χ0) is 31.4. The van der Waals surface area contributed by atoms with Gasteiger partial charge in [0.2, 0.25) is 0 Å².